The van der Waals surface area contributed by atoms with Crippen molar-refractivity contribution in [1.29, 1.82) is 0 Å². The molecule has 0 heterocycles. The summed E-state index contributed by atoms with van der Waals surface area (Å²) in [7, 11) is -3.52. The Balaban J connectivity index is 2.84. The fourth-order valence-electron chi connectivity index (χ4n) is 2.04. The van der Waals surface area contributed by atoms with Gasteiger partial charge in [0.1, 0.15) is 0 Å². The molecule has 0 aliphatic carbocycles. The quantitative estimate of drug-likeness (QED) is 0.724. The van der Waals surface area contributed by atoms with Crippen molar-refractivity contribution in [3.63, 3.8) is 0 Å². The van der Waals surface area contributed by atoms with E-state index in [4.69, 9.17) is 17.3 Å². The van der Waals surface area contributed by atoms with Crippen LogP contribution in [0.25, 0.3) is 0 Å². The molecule has 1 rings (SSSR count). The van der Waals surface area contributed by atoms with Crippen molar-refractivity contribution in [2.75, 3.05) is 6.54 Å². The van der Waals surface area contributed by atoms with Crippen molar-refractivity contribution < 1.29 is 8.42 Å². The lowest BCUT2D eigenvalue weighted by molar-refractivity contribution is 0.573. The highest BCUT2D eigenvalue weighted by molar-refractivity contribution is 7.89. The lowest BCUT2D eigenvalue weighted by Crippen LogP contribution is -2.26. The molecule has 0 saturated heterocycles. The molecule has 1 aromatic carbocycles. The first-order valence-corrected chi connectivity index (χ1v) is 8.77. The molecule has 0 spiro atoms. The summed E-state index contributed by atoms with van der Waals surface area (Å²) in [5, 5.41) is 0.391. The van der Waals surface area contributed by atoms with Crippen LogP contribution in [0.1, 0.15) is 43.7 Å². The minimum atomic E-state index is -3.52. The number of hydrogen-bond donors (Lipinski definition) is 2. The van der Waals surface area contributed by atoms with E-state index in [0.717, 1.165) is 31.2 Å². The lowest BCUT2D eigenvalue weighted by atomic mass is 10.1. The minimum Gasteiger partial charge on any atom is -0.326 e. The van der Waals surface area contributed by atoms with Gasteiger partial charge in [-0.05, 0) is 36.6 Å². The molecule has 0 saturated carbocycles. The molecule has 114 valence electrons. The van der Waals surface area contributed by atoms with Gasteiger partial charge in [-0.15, -0.1) is 0 Å². The average molecular weight is 319 g/mol. The smallest absolute Gasteiger partial charge is 0.240 e. The Kier molecular flexibility index (Phi) is 6.95. The molecule has 6 heteroatoms. The van der Waals surface area contributed by atoms with Gasteiger partial charge in [0.15, 0.2) is 0 Å². The summed E-state index contributed by atoms with van der Waals surface area (Å²) >= 11 is 5.96. The van der Waals surface area contributed by atoms with Crippen LogP contribution in [-0.2, 0) is 16.6 Å². The van der Waals surface area contributed by atoms with Crippen LogP contribution in [0.4, 0.5) is 0 Å². The van der Waals surface area contributed by atoms with E-state index in [1.807, 2.05) is 0 Å². The number of halogens is 1. The van der Waals surface area contributed by atoms with E-state index in [9.17, 15) is 8.42 Å². The van der Waals surface area contributed by atoms with Gasteiger partial charge in [0.05, 0.1) is 4.90 Å². The average Bonchev–Trinajstić information content (AvgIpc) is 2.40. The SMILES string of the molecule is CCCCCCNS(=O)(=O)c1cc(Cl)cc(CN)c1C. The summed E-state index contributed by atoms with van der Waals surface area (Å²) in [6, 6.07) is 3.18. The highest BCUT2D eigenvalue weighted by Gasteiger charge is 2.18. The van der Waals surface area contributed by atoms with E-state index in [-0.39, 0.29) is 11.4 Å². The van der Waals surface area contributed by atoms with Crippen molar-refractivity contribution in [3.05, 3.63) is 28.3 Å². The molecule has 0 bridgehead atoms. The standard InChI is InChI=1S/C14H23ClN2O2S/c1-3-4-5-6-7-17-20(18,19)14-9-13(15)8-12(10-16)11(14)2/h8-9,17H,3-7,10,16H2,1-2H3. The number of nitrogens with two attached hydrogens (primary N) is 1. The Morgan fingerprint density at radius 2 is 1.95 bits per heavy atom. The Labute approximate surface area is 126 Å². The second-order valence-electron chi connectivity index (χ2n) is 4.85. The molecular formula is C14H23ClN2O2S. The van der Waals surface area contributed by atoms with Crippen LogP contribution in [0.2, 0.25) is 5.02 Å². The van der Waals surface area contributed by atoms with Gasteiger partial charge < -0.3 is 5.73 Å². The number of rotatable bonds is 8. The zero-order valence-corrected chi connectivity index (χ0v) is 13.6. The van der Waals surface area contributed by atoms with E-state index in [1.54, 1.807) is 13.0 Å². The largest absolute Gasteiger partial charge is 0.326 e. The molecule has 0 unspecified atom stereocenters. The van der Waals surface area contributed by atoms with E-state index in [2.05, 4.69) is 11.6 Å². The van der Waals surface area contributed by atoms with Gasteiger partial charge in [0.2, 0.25) is 10.0 Å². The fourth-order valence-corrected chi connectivity index (χ4v) is 3.73. The molecule has 0 fully saturated rings. The zero-order valence-electron chi connectivity index (χ0n) is 12.1. The fraction of sp³-hybridized carbons (Fsp3) is 0.571. The van der Waals surface area contributed by atoms with Crippen LogP contribution in [0.5, 0.6) is 0 Å². The highest BCUT2D eigenvalue weighted by Crippen LogP contribution is 2.24. The normalized spacial score (nSPS) is 11.8. The minimum absolute atomic E-state index is 0.223. The zero-order chi connectivity index (χ0) is 15.2. The molecule has 0 radical (unpaired) electrons. The maximum atomic E-state index is 12.3. The third-order valence-corrected chi connectivity index (χ3v) is 5.07. The van der Waals surface area contributed by atoms with E-state index < -0.39 is 10.0 Å². The summed E-state index contributed by atoms with van der Waals surface area (Å²) in [4.78, 5) is 0.223. The topological polar surface area (TPSA) is 72.2 Å². The summed E-state index contributed by atoms with van der Waals surface area (Å²) in [6.07, 6.45) is 4.12. The van der Waals surface area contributed by atoms with Crippen molar-refractivity contribution in [2.24, 2.45) is 5.73 Å². The predicted octanol–water partition coefficient (Wildman–Crippen LogP) is 2.97. The van der Waals surface area contributed by atoms with Crippen molar-refractivity contribution in [3.8, 4) is 0 Å². The first kappa shape index (κ1) is 17.4. The Morgan fingerprint density at radius 1 is 1.25 bits per heavy atom. The molecule has 0 aromatic heterocycles. The Hall–Kier alpha value is -0.620. The number of sulfonamides is 1. The van der Waals surface area contributed by atoms with Crippen LogP contribution >= 0.6 is 11.6 Å². The molecule has 0 aliphatic rings. The Morgan fingerprint density at radius 3 is 2.55 bits per heavy atom. The molecule has 1 aromatic rings. The molecule has 0 amide bonds. The van der Waals surface area contributed by atoms with E-state index in [0.29, 0.717) is 17.1 Å². The van der Waals surface area contributed by atoms with Crippen LogP contribution in [0.15, 0.2) is 17.0 Å². The van der Waals surface area contributed by atoms with Gasteiger partial charge in [0.25, 0.3) is 0 Å². The number of hydrogen-bond acceptors (Lipinski definition) is 3. The van der Waals surface area contributed by atoms with Gasteiger partial charge in [-0.3, -0.25) is 0 Å². The van der Waals surface area contributed by atoms with Crippen molar-refractivity contribution in [1.82, 2.24) is 4.72 Å². The van der Waals surface area contributed by atoms with Crippen LogP contribution < -0.4 is 10.5 Å². The first-order valence-electron chi connectivity index (χ1n) is 6.91. The van der Waals surface area contributed by atoms with Crippen LogP contribution in [-0.4, -0.2) is 15.0 Å². The summed E-state index contributed by atoms with van der Waals surface area (Å²) in [5.41, 5.74) is 7.03. The monoisotopic (exact) mass is 318 g/mol. The molecule has 20 heavy (non-hydrogen) atoms. The van der Waals surface area contributed by atoms with Crippen molar-refractivity contribution in [2.45, 2.75) is 51.0 Å². The second kappa shape index (κ2) is 7.98. The van der Waals surface area contributed by atoms with Crippen LogP contribution in [0, 0.1) is 6.92 Å². The molecule has 4 nitrogen and oxygen atoms in total. The van der Waals surface area contributed by atoms with Gasteiger partial charge in [-0.25, -0.2) is 13.1 Å². The highest BCUT2D eigenvalue weighted by atomic mass is 35.5. The van der Waals surface area contributed by atoms with E-state index in [1.165, 1.54) is 6.07 Å². The molecule has 3 N–H and O–H groups in total. The third kappa shape index (κ3) is 4.74. The maximum absolute atomic E-state index is 12.3. The summed E-state index contributed by atoms with van der Waals surface area (Å²) < 4.78 is 27.2. The first-order chi connectivity index (χ1) is 9.42. The summed E-state index contributed by atoms with van der Waals surface area (Å²) in [5.74, 6) is 0. The molecular weight excluding hydrogens is 296 g/mol. The Bertz CT molecular complexity index is 544. The second-order valence-corrected chi connectivity index (χ2v) is 7.02. The number of unbranched alkanes of at least 4 members (excludes halogenated alkanes) is 3. The van der Waals surface area contributed by atoms with Gasteiger partial charge >= 0.3 is 0 Å². The van der Waals surface area contributed by atoms with E-state index >= 15 is 0 Å². The van der Waals surface area contributed by atoms with Crippen molar-refractivity contribution >= 4 is 21.6 Å². The van der Waals surface area contributed by atoms with Gasteiger partial charge in [-0.1, -0.05) is 37.8 Å². The molecule has 0 atom stereocenters. The van der Waals surface area contributed by atoms with Gasteiger partial charge in [-0.2, -0.15) is 0 Å². The molecule has 0 aliphatic heterocycles. The van der Waals surface area contributed by atoms with Gasteiger partial charge in [0, 0.05) is 18.1 Å². The van der Waals surface area contributed by atoms with Crippen LogP contribution in [0.3, 0.4) is 0 Å². The predicted molar refractivity (Wildman–Crippen MR) is 83.4 cm³/mol. The maximum Gasteiger partial charge on any atom is 0.240 e. The summed E-state index contributed by atoms with van der Waals surface area (Å²) in [6.45, 7) is 4.59. The lowest BCUT2D eigenvalue weighted by Gasteiger charge is -2.13. The third-order valence-electron chi connectivity index (χ3n) is 3.26. The number of benzene rings is 1. The number of nitrogens with one attached hydrogen (secondary N) is 1.